The number of nitrogens with one attached hydrogen (secondary N) is 1. The Morgan fingerprint density at radius 1 is 0.960 bits per heavy atom. The van der Waals surface area contributed by atoms with Crippen LogP contribution in [0.2, 0.25) is 0 Å². The Bertz CT molecular complexity index is 902. The first kappa shape index (κ1) is 16.5. The number of hydrogen-bond donors (Lipinski definition) is 2. The number of hydrogen-bond acceptors (Lipinski definition) is 6. The van der Waals surface area contributed by atoms with Crippen LogP contribution in [-0.2, 0) is 0 Å². The molecule has 0 amide bonds. The molecule has 0 atom stereocenters. The number of nitrogen functional groups attached to an aromatic ring is 1. The van der Waals surface area contributed by atoms with E-state index in [1.807, 2.05) is 6.07 Å². The minimum Gasteiger partial charge on any atom is -0.496 e. The highest BCUT2D eigenvalue weighted by atomic mass is 19.1. The summed E-state index contributed by atoms with van der Waals surface area (Å²) in [5.74, 6) is 1.30. The minimum absolute atomic E-state index is 0.369. The third-order valence-electron chi connectivity index (χ3n) is 3.61. The summed E-state index contributed by atoms with van der Waals surface area (Å²) >= 11 is 0. The lowest BCUT2D eigenvalue weighted by Gasteiger charge is -2.11. The van der Waals surface area contributed by atoms with E-state index < -0.39 is 0 Å². The number of methoxy groups -OCH3 is 2. The normalized spacial score (nSPS) is 10.4. The van der Waals surface area contributed by atoms with Gasteiger partial charge in [-0.15, -0.1) is 0 Å². The highest BCUT2D eigenvalue weighted by molar-refractivity contribution is 5.71. The summed E-state index contributed by atoms with van der Waals surface area (Å²) in [7, 11) is 3.08. The van der Waals surface area contributed by atoms with E-state index in [9.17, 15) is 4.39 Å². The van der Waals surface area contributed by atoms with Gasteiger partial charge in [0.05, 0.1) is 25.6 Å². The van der Waals surface area contributed by atoms with Crippen molar-refractivity contribution in [3.05, 3.63) is 54.6 Å². The Morgan fingerprint density at radius 3 is 2.44 bits per heavy atom. The monoisotopic (exact) mass is 340 g/mol. The van der Waals surface area contributed by atoms with Crippen LogP contribution in [0.5, 0.6) is 11.5 Å². The zero-order valence-electron chi connectivity index (χ0n) is 13.8. The highest BCUT2D eigenvalue weighted by Gasteiger charge is 2.10. The van der Waals surface area contributed by atoms with Crippen LogP contribution in [0, 0.1) is 5.82 Å². The van der Waals surface area contributed by atoms with Gasteiger partial charge in [0.25, 0.3) is 0 Å². The van der Waals surface area contributed by atoms with Crippen molar-refractivity contribution in [2.75, 3.05) is 25.3 Å². The molecule has 3 N–H and O–H groups in total. The van der Waals surface area contributed by atoms with Crippen molar-refractivity contribution in [2.24, 2.45) is 0 Å². The molecule has 0 unspecified atom stereocenters. The summed E-state index contributed by atoms with van der Waals surface area (Å²) < 4.78 is 24.0. The van der Waals surface area contributed by atoms with E-state index in [0.29, 0.717) is 34.3 Å². The molecule has 0 aliphatic heterocycles. The summed E-state index contributed by atoms with van der Waals surface area (Å²) in [6.07, 6.45) is 1.40. The van der Waals surface area contributed by atoms with Crippen molar-refractivity contribution in [1.29, 1.82) is 0 Å². The third kappa shape index (κ3) is 3.60. The van der Waals surface area contributed by atoms with E-state index >= 15 is 0 Å². The van der Waals surface area contributed by atoms with Crippen LogP contribution in [0.1, 0.15) is 0 Å². The average molecular weight is 340 g/mol. The lowest BCUT2D eigenvalue weighted by Crippen LogP contribution is -1.98. The van der Waals surface area contributed by atoms with Crippen LogP contribution >= 0.6 is 0 Å². The molecule has 7 heteroatoms. The summed E-state index contributed by atoms with van der Waals surface area (Å²) in [4.78, 5) is 8.38. The number of benzene rings is 2. The maximum Gasteiger partial charge on any atom is 0.141 e. The summed E-state index contributed by atoms with van der Waals surface area (Å²) in [6, 6.07) is 11.3. The van der Waals surface area contributed by atoms with E-state index in [1.54, 1.807) is 31.4 Å². The van der Waals surface area contributed by atoms with Gasteiger partial charge in [-0.3, -0.25) is 0 Å². The second kappa shape index (κ2) is 7.04. The second-order valence-corrected chi connectivity index (χ2v) is 5.21. The van der Waals surface area contributed by atoms with Gasteiger partial charge in [0.1, 0.15) is 29.5 Å². The molecule has 0 fully saturated rings. The van der Waals surface area contributed by atoms with Crippen LogP contribution in [0.25, 0.3) is 11.3 Å². The molecule has 0 saturated heterocycles. The maximum atomic E-state index is 13.6. The predicted octanol–water partition coefficient (Wildman–Crippen LogP) is 3.63. The summed E-state index contributed by atoms with van der Waals surface area (Å²) in [5, 5.41) is 3.14. The molecule has 1 heterocycles. The van der Waals surface area contributed by atoms with Gasteiger partial charge in [0, 0.05) is 17.3 Å². The van der Waals surface area contributed by atoms with Gasteiger partial charge in [-0.2, -0.15) is 0 Å². The molecule has 3 aromatic rings. The molecule has 0 radical (unpaired) electrons. The molecule has 0 bridgehead atoms. The highest BCUT2D eigenvalue weighted by Crippen LogP contribution is 2.31. The fourth-order valence-electron chi connectivity index (χ4n) is 2.41. The minimum atomic E-state index is -0.369. The van der Waals surface area contributed by atoms with Crippen LogP contribution in [0.3, 0.4) is 0 Å². The molecule has 0 spiro atoms. The van der Waals surface area contributed by atoms with Gasteiger partial charge in [-0.1, -0.05) is 0 Å². The topological polar surface area (TPSA) is 82.3 Å². The fourth-order valence-corrected chi connectivity index (χ4v) is 2.41. The molecule has 0 aliphatic rings. The van der Waals surface area contributed by atoms with Gasteiger partial charge in [-0.25, -0.2) is 14.4 Å². The van der Waals surface area contributed by atoms with Crippen LogP contribution < -0.4 is 20.5 Å². The zero-order chi connectivity index (χ0) is 17.8. The average Bonchev–Trinajstić information content (AvgIpc) is 2.62. The fraction of sp³-hybridized carbons (Fsp3) is 0.111. The van der Waals surface area contributed by atoms with Crippen molar-refractivity contribution in [1.82, 2.24) is 9.97 Å². The lowest BCUT2D eigenvalue weighted by molar-refractivity contribution is 0.415. The van der Waals surface area contributed by atoms with Gasteiger partial charge in [0.15, 0.2) is 0 Å². The summed E-state index contributed by atoms with van der Waals surface area (Å²) in [5.41, 5.74) is 8.24. The van der Waals surface area contributed by atoms with Gasteiger partial charge in [0.2, 0.25) is 0 Å². The maximum absolute atomic E-state index is 13.6. The van der Waals surface area contributed by atoms with Crippen molar-refractivity contribution < 1.29 is 13.9 Å². The second-order valence-electron chi connectivity index (χ2n) is 5.21. The van der Waals surface area contributed by atoms with Crippen LogP contribution in [0.4, 0.5) is 21.6 Å². The van der Waals surface area contributed by atoms with Crippen LogP contribution in [0.15, 0.2) is 48.8 Å². The number of rotatable bonds is 5. The molecule has 25 heavy (non-hydrogen) atoms. The Hall–Kier alpha value is -3.35. The van der Waals surface area contributed by atoms with E-state index in [0.717, 1.165) is 5.69 Å². The summed E-state index contributed by atoms with van der Waals surface area (Å²) in [6.45, 7) is 0. The van der Waals surface area contributed by atoms with Crippen molar-refractivity contribution >= 4 is 17.2 Å². The van der Waals surface area contributed by atoms with E-state index in [2.05, 4.69) is 15.3 Å². The number of ether oxygens (including phenoxy) is 2. The Morgan fingerprint density at radius 2 is 1.72 bits per heavy atom. The molecule has 1 aromatic heterocycles. The number of nitrogens with zero attached hydrogens (tertiary/aromatic N) is 2. The molecule has 3 rings (SSSR count). The van der Waals surface area contributed by atoms with Crippen molar-refractivity contribution in [3.8, 4) is 22.8 Å². The predicted molar refractivity (Wildman–Crippen MR) is 94.7 cm³/mol. The number of nitrogens with two attached hydrogens (primary N) is 1. The Labute approximate surface area is 144 Å². The standard InChI is InChI=1S/C18H17FN4O2/c1-24-16-5-3-11(19)7-13(16)15-9-18(22-10-21-15)23-12-4-6-17(25-2)14(20)8-12/h3-10H,20H2,1-2H3,(H,21,22,23). The third-order valence-corrected chi connectivity index (χ3v) is 3.61. The van der Waals surface area contributed by atoms with E-state index in [4.69, 9.17) is 15.2 Å². The van der Waals surface area contributed by atoms with Crippen molar-refractivity contribution in [2.45, 2.75) is 0 Å². The van der Waals surface area contributed by atoms with Gasteiger partial charge >= 0.3 is 0 Å². The molecular formula is C18H17FN4O2. The smallest absolute Gasteiger partial charge is 0.141 e. The Balaban J connectivity index is 1.92. The van der Waals surface area contributed by atoms with E-state index in [-0.39, 0.29) is 5.82 Å². The first-order chi connectivity index (χ1) is 12.1. The quantitative estimate of drug-likeness (QED) is 0.690. The Kier molecular flexibility index (Phi) is 4.65. The zero-order valence-corrected chi connectivity index (χ0v) is 13.8. The molecule has 6 nitrogen and oxygen atoms in total. The number of halogens is 1. The van der Waals surface area contributed by atoms with Crippen molar-refractivity contribution in [3.63, 3.8) is 0 Å². The number of anilines is 3. The molecule has 0 aliphatic carbocycles. The number of aromatic nitrogens is 2. The SMILES string of the molecule is COc1ccc(Nc2cc(-c3cc(F)ccc3OC)ncn2)cc1N. The largest absolute Gasteiger partial charge is 0.496 e. The molecule has 0 saturated carbocycles. The molecular weight excluding hydrogens is 323 g/mol. The van der Waals surface area contributed by atoms with Crippen LogP contribution in [-0.4, -0.2) is 24.2 Å². The van der Waals surface area contributed by atoms with Gasteiger partial charge in [-0.05, 0) is 36.4 Å². The van der Waals surface area contributed by atoms with Gasteiger partial charge < -0.3 is 20.5 Å². The first-order valence-corrected chi connectivity index (χ1v) is 7.47. The molecule has 2 aromatic carbocycles. The molecule has 128 valence electrons. The van der Waals surface area contributed by atoms with E-state index in [1.165, 1.54) is 25.6 Å². The first-order valence-electron chi connectivity index (χ1n) is 7.47. The lowest BCUT2D eigenvalue weighted by atomic mass is 10.1.